The van der Waals surface area contributed by atoms with Gasteiger partial charge in [-0.15, -0.1) is 0 Å². The molecule has 8 heteroatoms. The second kappa shape index (κ2) is 8.68. The number of carbonyl (C=O) groups is 1. The first-order valence-electron chi connectivity index (χ1n) is 8.47. The Morgan fingerprint density at radius 3 is 2.88 bits per heavy atom. The zero-order valence-electron chi connectivity index (χ0n) is 14.7. The number of anilines is 1. The molecule has 2 rings (SSSR count). The monoisotopic (exact) mass is 337 g/mol. The van der Waals surface area contributed by atoms with Gasteiger partial charge in [0.05, 0.1) is 24.6 Å². The van der Waals surface area contributed by atoms with E-state index in [2.05, 4.69) is 15.3 Å². The van der Waals surface area contributed by atoms with E-state index in [9.17, 15) is 9.59 Å². The maximum absolute atomic E-state index is 11.9. The smallest absolute Gasteiger partial charge is 0.317 e. The van der Waals surface area contributed by atoms with Gasteiger partial charge in [-0.25, -0.2) is 9.48 Å². The second-order valence-corrected chi connectivity index (χ2v) is 5.81. The van der Waals surface area contributed by atoms with Crippen molar-refractivity contribution >= 4 is 11.7 Å². The number of nitrogens with one attached hydrogen (secondary N) is 1. The number of rotatable bonds is 6. The minimum atomic E-state index is -0.123. The molecule has 8 nitrogen and oxygen atoms in total. The molecule has 0 spiro atoms. The first kappa shape index (κ1) is 18.3. The van der Waals surface area contributed by atoms with Crippen molar-refractivity contribution in [3.05, 3.63) is 22.6 Å². The van der Waals surface area contributed by atoms with Crippen LogP contribution in [0.1, 0.15) is 20.3 Å². The van der Waals surface area contributed by atoms with Crippen molar-refractivity contribution in [2.45, 2.75) is 26.4 Å². The van der Waals surface area contributed by atoms with Crippen molar-refractivity contribution in [2.24, 2.45) is 7.05 Å². The van der Waals surface area contributed by atoms with Crippen LogP contribution >= 0.6 is 0 Å². The number of morpholine rings is 1. The largest absolute Gasteiger partial charge is 0.374 e. The molecule has 134 valence electrons. The summed E-state index contributed by atoms with van der Waals surface area (Å²) in [5.41, 5.74) is 0.695. The zero-order valence-corrected chi connectivity index (χ0v) is 14.7. The van der Waals surface area contributed by atoms with E-state index in [0.29, 0.717) is 32.8 Å². The number of aromatic nitrogens is 2. The van der Waals surface area contributed by atoms with E-state index in [1.807, 2.05) is 13.8 Å². The van der Waals surface area contributed by atoms with Gasteiger partial charge >= 0.3 is 6.03 Å². The molecular weight excluding hydrogens is 310 g/mol. The van der Waals surface area contributed by atoms with E-state index >= 15 is 0 Å². The van der Waals surface area contributed by atoms with Crippen LogP contribution in [0.5, 0.6) is 0 Å². The lowest BCUT2D eigenvalue weighted by atomic mass is 10.2. The third-order valence-corrected chi connectivity index (χ3v) is 4.25. The highest BCUT2D eigenvalue weighted by atomic mass is 16.5. The summed E-state index contributed by atoms with van der Waals surface area (Å²) in [7, 11) is 1.63. The van der Waals surface area contributed by atoms with Crippen LogP contribution < -0.4 is 15.8 Å². The molecule has 0 aliphatic carbocycles. The van der Waals surface area contributed by atoms with Gasteiger partial charge in [-0.2, -0.15) is 5.10 Å². The van der Waals surface area contributed by atoms with E-state index < -0.39 is 0 Å². The zero-order chi connectivity index (χ0) is 17.5. The van der Waals surface area contributed by atoms with Crippen molar-refractivity contribution in [3.8, 4) is 0 Å². The molecule has 1 aromatic rings. The molecule has 1 atom stereocenters. The highest BCUT2D eigenvalue weighted by Gasteiger charge is 2.21. The minimum Gasteiger partial charge on any atom is -0.374 e. The molecule has 0 radical (unpaired) electrons. The number of ether oxygens (including phenoxy) is 1. The minimum absolute atomic E-state index is 0.0276. The first-order chi connectivity index (χ1) is 11.5. The van der Waals surface area contributed by atoms with E-state index in [4.69, 9.17) is 4.74 Å². The SMILES string of the molecule is CCN(CC)C(=O)NCCC1CN(c2cnn(C)c(=O)c2)CCO1. The van der Waals surface area contributed by atoms with Crippen LogP contribution in [0.2, 0.25) is 0 Å². The number of carbonyl (C=O) groups excluding carboxylic acids is 1. The molecule has 1 aliphatic heterocycles. The molecule has 0 bridgehead atoms. The molecule has 1 N–H and O–H groups in total. The quantitative estimate of drug-likeness (QED) is 0.814. The Balaban J connectivity index is 1.84. The molecular formula is C16H27N5O3. The Labute approximate surface area is 142 Å². The van der Waals surface area contributed by atoms with E-state index in [1.165, 1.54) is 4.68 Å². The number of hydrogen-bond acceptors (Lipinski definition) is 5. The van der Waals surface area contributed by atoms with Crippen LogP contribution in [0.4, 0.5) is 10.5 Å². The summed E-state index contributed by atoms with van der Waals surface area (Å²) in [6.07, 6.45) is 2.47. The summed E-state index contributed by atoms with van der Waals surface area (Å²) in [5, 5.41) is 6.99. The van der Waals surface area contributed by atoms with E-state index in [1.54, 1.807) is 24.2 Å². The van der Waals surface area contributed by atoms with Crippen molar-refractivity contribution < 1.29 is 9.53 Å². The van der Waals surface area contributed by atoms with Crippen LogP contribution in [0.3, 0.4) is 0 Å². The molecule has 2 amide bonds. The Morgan fingerprint density at radius 1 is 1.46 bits per heavy atom. The molecule has 1 saturated heterocycles. The third-order valence-electron chi connectivity index (χ3n) is 4.25. The molecule has 2 heterocycles. The lowest BCUT2D eigenvalue weighted by Crippen LogP contribution is -2.45. The van der Waals surface area contributed by atoms with Gasteiger partial charge < -0.3 is 19.9 Å². The fourth-order valence-electron chi connectivity index (χ4n) is 2.72. The third kappa shape index (κ3) is 4.70. The average Bonchev–Trinajstić information content (AvgIpc) is 2.59. The van der Waals surface area contributed by atoms with Gasteiger partial charge in [-0.05, 0) is 20.3 Å². The van der Waals surface area contributed by atoms with E-state index in [0.717, 1.165) is 18.7 Å². The van der Waals surface area contributed by atoms with Gasteiger partial charge in [0.1, 0.15) is 0 Å². The average molecular weight is 337 g/mol. The molecule has 0 saturated carbocycles. The first-order valence-corrected chi connectivity index (χ1v) is 8.47. The predicted octanol–water partition coefficient (Wildman–Crippen LogP) is 0.427. The number of urea groups is 1. The summed E-state index contributed by atoms with van der Waals surface area (Å²) in [5.74, 6) is 0. The Bertz CT molecular complexity index is 600. The van der Waals surface area contributed by atoms with Gasteiger partial charge in [0.15, 0.2) is 0 Å². The molecule has 1 aliphatic rings. The maximum atomic E-state index is 11.9. The van der Waals surface area contributed by atoms with Crippen LogP contribution in [0.25, 0.3) is 0 Å². The van der Waals surface area contributed by atoms with Gasteiger partial charge in [0.2, 0.25) is 0 Å². The number of hydrogen-bond donors (Lipinski definition) is 1. The molecule has 1 aromatic heterocycles. The van der Waals surface area contributed by atoms with Gasteiger partial charge in [-0.3, -0.25) is 4.79 Å². The maximum Gasteiger partial charge on any atom is 0.317 e. The lowest BCUT2D eigenvalue weighted by Gasteiger charge is -2.34. The standard InChI is InChI=1S/C16H27N5O3/c1-4-20(5-2)16(23)17-7-6-14-12-21(8-9-24-14)13-10-15(22)19(3)18-11-13/h10-11,14H,4-9,12H2,1-3H3,(H,17,23). The summed E-state index contributed by atoms with van der Waals surface area (Å²) in [6, 6.07) is 1.56. The van der Waals surface area contributed by atoms with Crippen molar-refractivity contribution in [3.63, 3.8) is 0 Å². The highest BCUT2D eigenvalue weighted by molar-refractivity contribution is 5.73. The van der Waals surface area contributed by atoms with Crippen molar-refractivity contribution in [1.82, 2.24) is 20.0 Å². The normalized spacial score (nSPS) is 17.6. The molecule has 24 heavy (non-hydrogen) atoms. The number of nitrogens with zero attached hydrogens (tertiary/aromatic N) is 4. The Morgan fingerprint density at radius 2 is 2.21 bits per heavy atom. The van der Waals surface area contributed by atoms with Crippen LogP contribution in [-0.4, -0.2) is 66.1 Å². The topological polar surface area (TPSA) is 79.7 Å². The van der Waals surface area contributed by atoms with E-state index in [-0.39, 0.29) is 17.7 Å². The molecule has 1 unspecified atom stereocenters. The fraction of sp³-hybridized carbons (Fsp3) is 0.688. The fourth-order valence-corrected chi connectivity index (χ4v) is 2.72. The second-order valence-electron chi connectivity index (χ2n) is 5.81. The van der Waals surface area contributed by atoms with Gasteiger partial charge in [-0.1, -0.05) is 0 Å². The number of aryl methyl sites for hydroxylation is 1. The van der Waals surface area contributed by atoms with Crippen LogP contribution in [0.15, 0.2) is 17.1 Å². The summed E-state index contributed by atoms with van der Waals surface area (Å²) >= 11 is 0. The van der Waals surface area contributed by atoms with Crippen LogP contribution in [0, 0.1) is 0 Å². The molecule has 0 aromatic carbocycles. The lowest BCUT2D eigenvalue weighted by molar-refractivity contribution is 0.0357. The Kier molecular flexibility index (Phi) is 6.60. The molecule has 1 fully saturated rings. The van der Waals surface area contributed by atoms with Crippen molar-refractivity contribution in [1.29, 1.82) is 0 Å². The summed E-state index contributed by atoms with van der Waals surface area (Å²) < 4.78 is 7.08. The predicted molar refractivity (Wildman–Crippen MR) is 92.4 cm³/mol. The van der Waals surface area contributed by atoms with Crippen molar-refractivity contribution in [2.75, 3.05) is 44.2 Å². The summed E-state index contributed by atoms with van der Waals surface area (Å²) in [6.45, 7) is 7.92. The highest BCUT2D eigenvalue weighted by Crippen LogP contribution is 2.16. The Hall–Kier alpha value is -2.09. The summed E-state index contributed by atoms with van der Waals surface area (Å²) in [4.78, 5) is 27.5. The van der Waals surface area contributed by atoms with Gasteiger partial charge in [0, 0.05) is 45.8 Å². The van der Waals surface area contributed by atoms with Gasteiger partial charge in [0.25, 0.3) is 5.56 Å². The van der Waals surface area contributed by atoms with Crippen LogP contribution in [-0.2, 0) is 11.8 Å². The number of amides is 2.